The highest BCUT2D eigenvalue weighted by molar-refractivity contribution is 9.10. The molecule has 0 amide bonds. The Bertz CT molecular complexity index is 378. The summed E-state index contributed by atoms with van der Waals surface area (Å²) in [6.45, 7) is 0. The van der Waals surface area contributed by atoms with Crippen molar-refractivity contribution in [3.8, 4) is 5.75 Å². The molecule has 0 bridgehead atoms. The molecule has 0 aliphatic heterocycles. The van der Waals surface area contributed by atoms with Crippen molar-refractivity contribution in [3.05, 3.63) is 22.7 Å². The van der Waals surface area contributed by atoms with Crippen LogP contribution in [-0.4, -0.2) is 18.1 Å². The predicted octanol–water partition coefficient (Wildman–Crippen LogP) is 1.40. The van der Waals surface area contributed by atoms with Crippen molar-refractivity contribution < 1.29 is 18.1 Å². The summed E-state index contributed by atoms with van der Waals surface area (Å²) in [4.78, 5) is -0.339. The number of hydrogen-bond acceptors (Lipinski definition) is 3. The summed E-state index contributed by atoms with van der Waals surface area (Å²) in [5.74, 6) is -0.225. The predicted molar refractivity (Wildman–Crippen MR) is 45.6 cm³/mol. The largest absolute Gasteiger partial charge is 0.508 e. The molecule has 0 saturated carbocycles. The molecule has 0 unspecified atom stereocenters. The molecule has 0 aliphatic rings. The van der Waals surface area contributed by atoms with E-state index in [-0.39, 0.29) is 10.6 Å². The maximum atomic E-state index is 10.6. The number of aromatic hydroxyl groups is 1. The van der Waals surface area contributed by atoms with E-state index in [2.05, 4.69) is 15.9 Å². The van der Waals surface area contributed by atoms with Crippen molar-refractivity contribution >= 4 is 26.0 Å². The van der Waals surface area contributed by atoms with Crippen molar-refractivity contribution in [2.75, 3.05) is 0 Å². The van der Waals surface area contributed by atoms with Crippen molar-refractivity contribution in [1.82, 2.24) is 0 Å². The second-order valence-electron chi connectivity index (χ2n) is 2.12. The lowest BCUT2D eigenvalue weighted by Gasteiger charge is -1.98. The van der Waals surface area contributed by atoms with Gasteiger partial charge in [0.05, 0.1) is 4.90 Å². The lowest BCUT2D eigenvalue weighted by Crippen LogP contribution is -1.97. The molecule has 6 heteroatoms. The summed E-state index contributed by atoms with van der Waals surface area (Å²) in [6, 6.07) is 3.46. The summed E-state index contributed by atoms with van der Waals surface area (Å²) in [7, 11) is -4.24. The Hall–Kier alpha value is -0.590. The van der Waals surface area contributed by atoms with E-state index in [0.717, 1.165) is 6.07 Å². The monoisotopic (exact) mass is 252 g/mol. The zero-order valence-corrected chi connectivity index (χ0v) is 8.13. The van der Waals surface area contributed by atoms with Crippen molar-refractivity contribution in [3.63, 3.8) is 0 Å². The van der Waals surface area contributed by atoms with Crippen LogP contribution in [0.25, 0.3) is 0 Å². The van der Waals surface area contributed by atoms with Gasteiger partial charge < -0.3 is 5.11 Å². The minimum absolute atomic E-state index is 0.225. The molecule has 2 N–H and O–H groups in total. The average Bonchev–Trinajstić information content (AvgIpc) is 1.82. The summed E-state index contributed by atoms with van der Waals surface area (Å²) >= 11 is 2.97. The Kier molecular flexibility index (Phi) is 2.41. The van der Waals surface area contributed by atoms with Crippen LogP contribution >= 0.6 is 15.9 Å². The summed E-state index contributed by atoms with van der Waals surface area (Å²) < 4.78 is 30.1. The molecule has 0 atom stereocenters. The van der Waals surface area contributed by atoms with Crippen LogP contribution in [0.15, 0.2) is 27.6 Å². The van der Waals surface area contributed by atoms with Crippen molar-refractivity contribution in [1.29, 1.82) is 0 Å². The lowest BCUT2D eigenvalue weighted by atomic mass is 10.3. The van der Waals surface area contributed by atoms with Gasteiger partial charge in [0.2, 0.25) is 0 Å². The van der Waals surface area contributed by atoms with Gasteiger partial charge >= 0.3 is 0 Å². The van der Waals surface area contributed by atoms with E-state index in [1.54, 1.807) is 0 Å². The first-order chi connectivity index (χ1) is 5.39. The number of phenols is 1. The van der Waals surface area contributed by atoms with Gasteiger partial charge in [0, 0.05) is 10.5 Å². The van der Waals surface area contributed by atoms with E-state index in [4.69, 9.17) is 9.66 Å². The molecule has 1 aromatic carbocycles. The van der Waals surface area contributed by atoms with Crippen LogP contribution < -0.4 is 0 Å². The number of halogens is 1. The molecule has 0 aromatic heterocycles. The fraction of sp³-hybridized carbons (Fsp3) is 0. The third kappa shape index (κ3) is 2.20. The van der Waals surface area contributed by atoms with Gasteiger partial charge in [0.25, 0.3) is 10.1 Å². The van der Waals surface area contributed by atoms with Crippen LogP contribution in [0.1, 0.15) is 0 Å². The van der Waals surface area contributed by atoms with E-state index in [0.29, 0.717) is 4.47 Å². The van der Waals surface area contributed by atoms with Gasteiger partial charge in [-0.1, -0.05) is 15.9 Å². The molecule has 0 spiro atoms. The molecule has 0 saturated heterocycles. The Morgan fingerprint density at radius 3 is 2.25 bits per heavy atom. The minimum Gasteiger partial charge on any atom is -0.508 e. The van der Waals surface area contributed by atoms with Gasteiger partial charge in [-0.25, -0.2) is 0 Å². The zero-order chi connectivity index (χ0) is 9.35. The Labute approximate surface area is 77.7 Å². The molecule has 0 heterocycles. The quantitative estimate of drug-likeness (QED) is 0.742. The molecule has 4 nitrogen and oxygen atoms in total. The smallest absolute Gasteiger partial charge is 0.294 e. The molecular weight excluding hydrogens is 248 g/mol. The third-order valence-corrected chi connectivity index (χ3v) is 2.44. The molecule has 0 aliphatic carbocycles. The maximum absolute atomic E-state index is 10.6. The average molecular weight is 253 g/mol. The Balaban J connectivity index is 3.37. The van der Waals surface area contributed by atoms with Crippen LogP contribution in [0, 0.1) is 0 Å². The van der Waals surface area contributed by atoms with Gasteiger partial charge in [0.1, 0.15) is 5.75 Å². The Morgan fingerprint density at radius 1 is 1.25 bits per heavy atom. The van der Waals surface area contributed by atoms with Gasteiger partial charge in [0.15, 0.2) is 0 Å². The molecule has 1 rings (SSSR count). The third-order valence-electron chi connectivity index (χ3n) is 1.15. The van der Waals surface area contributed by atoms with Gasteiger partial charge in [-0.2, -0.15) is 8.42 Å². The number of hydrogen-bond donors (Lipinski definition) is 2. The molecule has 12 heavy (non-hydrogen) atoms. The van der Waals surface area contributed by atoms with E-state index in [9.17, 15) is 8.42 Å². The summed E-state index contributed by atoms with van der Waals surface area (Å²) in [5.41, 5.74) is 0. The lowest BCUT2D eigenvalue weighted by molar-refractivity contribution is 0.466. The molecule has 0 fully saturated rings. The van der Waals surface area contributed by atoms with Crippen molar-refractivity contribution in [2.24, 2.45) is 0 Å². The van der Waals surface area contributed by atoms with Crippen LogP contribution in [0.2, 0.25) is 0 Å². The topological polar surface area (TPSA) is 74.6 Å². The molecule has 66 valence electrons. The first-order valence-electron chi connectivity index (χ1n) is 2.86. The van der Waals surface area contributed by atoms with Gasteiger partial charge in [-0.3, -0.25) is 4.55 Å². The zero-order valence-electron chi connectivity index (χ0n) is 5.73. The van der Waals surface area contributed by atoms with Gasteiger partial charge in [-0.15, -0.1) is 0 Å². The van der Waals surface area contributed by atoms with E-state index in [1.165, 1.54) is 12.1 Å². The van der Waals surface area contributed by atoms with Crippen LogP contribution in [0.3, 0.4) is 0 Å². The fourth-order valence-corrected chi connectivity index (χ4v) is 1.88. The normalized spacial score (nSPS) is 11.5. The standard InChI is InChI=1S/C6H5BrO4S/c7-4-1-5(8)3-6(2-4)12(9,10)11/h1-3,8H,(H,9,10,11). The molecule has 0 radical (unpaired) electrons. The fourth-order valence-electron chi connectivity index (χ4n) is 0.697. The first kappa shape index (κ1) is 9.50. The number of rotatable bonds is 1. The highest BCUT2D eigenvalue weighted by Gasteiger charge is 2.10. The van der Waals surface area contributed by atoms with E-state index >= 15 is 0 Å². The van der Waals surface area contributed by atoms with Crippen LogP contribution in [0.4, 0.5) is 0 Å². The summed E-state index contributed by atoms with van der Waals surface area (Å²) in [6.07, 6.45) is 0. The first-order valence-corrected chi connectivity index (χ1v) is 5.10. The van der Waals surface area contributed by atoms with E-state index < -0.39 is 10.1 Å². The minimum atomic E-state index is -4.24. The second kappa shape index (κ2) is 3.04. The van der Waals surface area contributed by atoms with Crippen LogP contribution in [0.5, 0.6) is 5.75 Å². The second-order valence-corrected chi connectivity index (χ2v) is 4.46. The van der Waals surface area contributed by atoms with Gasteiger partial charge in [-0.05, 0) is 12.1 Å². The Morgan fingerprint density at radius 2 is 1.83 bits per heavy atom. The highest BCUT2D eigenvalue weighted by Crippen LogP contribution is 2.22. The molecular formula is C6H5BrO4S. The van der Waals surface area contributed by atoms with Crippen molar-refractivity contribution in [2.45, 2.75) is 4.90 Å². The SMILES string of the molecule is O=S(=O)(O)c1cc(O)cc(Br)c1. The maximum Gasteiger partial charge on any atom is 0.294 e. The highest BCUT2D eigenvalue weighted by atomic mass is 79.9. The summed E-state index contributed by atoms with van der Waals surface area (Å²) in [5, 5.41) is 8.95. The molecule has 1 aromatic rings. The number of benzene rings is 1. The number of phenolic OH excluding ortho intramolecular Hbond substituents is 1. The van der Waals surface area contributed by atoms with E-state index in [1.807, 2.05) is 0 Å². The van der Waals surface area contributed by atoms with Crippen LogP contribution in [-0.2, 0) is 10.1 Å².